The van der Waals surface area contributed by atoms with Gasteiger partial charge in [0, 0.05) is 0 Å². The third kappa shape index (κ3) is 6.87. The van der Waals surface area contributed by atoms with Crippen molar-refractivity contribution >= 4 is 11.9 Å². The summed E-state index contributed by atoms with van der Waals surface area (Å²) in [6, 6.07) is 6.82. The van der Waals surface area contributed by atoms with Crippen molar-refractivity contribution in [3.63, 3.8) is 0 Å². The molecular formula is C15H17NO5. The van der Waals surface area contributed by atoms with E-state index >= 15 is 0 Å². The van der Waals surface area contributed by atoms with Crippen molar-refractivity contribution < 1.29 is 23.8 Å². The van der Waals surface area contributed by atoms with Gasteiger partial charge < -0.3 is 19.5 Å². The summed E-state index contributed by atoms with van der Waals surface area (Å²) in [7, 11) is 0. The second kappa shape index (κ2) is 9.26. The molecule has 1 aromatic carbocycles. The zero-order chi connectivity index (χ0) is 15.5. The Morgan fingerprint density at radius 1 is 1.14 bits per heavy atom. The molecule has 0 saturated carbocycles. The smallest absolute Gasteiger partial charge is 0.344 e. The van der Waals surface area contributed by atoms with E-state index in [0.717, 1.165) is 5.75 Å². The monoisotopic (exact) mass is 291 g/mol. The van der Waals surface area contributed by atoms with E-state index in [9.17, 15) is 9.59 Å². The molecule has 6 nitrogen and oxygen atoms in total. The van der Waals surface area contributed by atoms with Gasteiger partial charge in [-0.05, 0) is 31.2 Å². The largest absolute Gasteiger partial charge is 0.494 e. The normalized spacial score (nSPS) is 9.33. The van der Waals surface area contributed by atoms with E-state index in [0.29, 0.717) is 12.4 Å². The molecule has 1 aromatic rings. The average molecular weight is 291 g/mol. The van der Waals surface area contributed by atoms with Crippen molar-refractivity contribution in [1.29, 1.82) is 0 Å². The molecule has 1 N–H and O–H groups in total. The lowest BCUT2D eigenvalue weighted by molar-refractivity contribution is -0.150. The van der Waals surface area contributed by atoms with E-state index < -0.39 is 11.9 Å². The highest BCUT2D eigenvalue weighted by atomic mass is 16.6. The lowest BCUT2D eigenvalue weighted by atomic mass is 10.3. The summed E-state index contributed by atoms with van der Waals surface area (Å²) < 4.78 is 15.2. The molecule has 0 heterocycles. The molecule has 0 aliphatic heterocycles. The van der Waals surface area contributed by atoms with Crippen LogP contribution in [0.3, 0.4) is 0 Å². The first-order chi connectivity index (χ1) is 10.2. The summed E-state index contributed by atoms with van der Waals surface area (Å²) in [5.41, 5.74) is 0. The van der Waals surface area contributed by atoms with Crippen LogP contribution in [0.25, 0.3) is 0 Å². The highest BCUT2D eigenvalue weighted by Gasteiger charge is 2.07. The number of hydrogen-bond acceptors (Lipinski definition) is 5. The van der Waals surface area contributed by atoms with E-state index in [1.807, 2.05) is 6.92 Å². The van der Waals surface area contributed by atoms with E-state index in [1.165, 1.54) is 0 Å². The number of nitrogens with one attached hydrogen (secondary N) is 1. The number of carbonyl (C=O) groups is 2. The highest BCUT2D eigenvalue weighted by molar-refractivity contribution is 5.81. The van der Waals surface area contributed by atoms with E-state index in [2.05, 4.69) is 11.2 Å². The molecule has 0 aliphatic carbocycles. The predicted molar refractivity (Wildman–Crippen MR) is 75.9 cm³/mol. The van der Waals surface area contributed by atoms with Crippen LogP contribution in [-0.4, -0.2) is 38.2 Å². The summed E-state index contributed by atoms with van der Waals surface area (Å²) in [5.74, 6) is 2.37. The second-order valence-corrected chi connectivity index (χ2v) is 3.83. The number of benzene rings is 1. The molecule has 6 heteroatoms. The van der Waals surface area contributed by atoms with Crippen LogP contribution in [0.15, 0.2) is 24.3 Å². The Morgan fingerprint density at radius 3 is 2.33 bits per heavy atom. The maximum absolute atomic E-state index is 11.4. The second-order valence-electron chi connectivity index (χ2n) is 3.83. The number of ether oxygens (including phenoxy) is 3. The molecule has 0 atom stereocenters. The maximum atomic E-state index is 11.4. The molecule has 21 heavy (non-hydrogen) atoms. The van der Waals surface area contributed by atoms with Crippen molar-refractivity contribution in [2.24, 2.45) is 0 Å². The number of rotatable bonds is 8. The molecule has 0 saturated heterocycles. The van der Waals surface area contributed by atoms with Crippen LogP contribution in [0.1, 0.15) is 6.92 Å². The molecule has 1 amide bonds. The summed E-state index contributed by atoms with van der Waals surface area (Å²) in [6.07, 6.45) is 4.97. The van der Waals surface area contributed by atoms with Crippen LogP contribution >= 0.6 is 0 Å². The van der Waals surface area contributed by atoms with Crippen LogP contribution in [0.2, 0.25) is 0 Å². The summed E-state index contributed by atoms with van der Waals surface area (Å²) in [5, 5.41) is 2.37. The number of hydrogen-bond donors (Lipinski definition) is 1. The molecule has 0 aliphatic rings. The Hall–Kier alpha value is -2.68. The average Bonchev–Trinajstić information content (AvgIpc) is 2.50. The minimum Gasteiger partial charge on any atom is -0.494 e. The van der Waals surface area contributed by atoms with Gasteiger partial charge in [0.15, 0.2) is 13.2 Å². The van der Waals surface area contributed by atoms with Crippen molar-refractivity contribution in [1.82, 2.24) is 5.32 Å². The zero-order valence-electron chi connectivity index (χ0n) is 11.8. The van der Waals surface area contributed by atoms with Gasteiger partial charge in [0.25, 0.3) is 5.91 Å². The van der Waals surface area contributed by atoms with Gasteiger partial charge in [0.05, 0.1) is 13.2 Å². The minimum absolute atomic E-state index is 0.0963. The molecule has 0 fully saturated rings. The van der Waals surface area contributed by atoms with Crippen molar-refractivity contribution in [3.8, 4) is 23.8 Å². The Balaban J connectivity index is 2.26. The topological polar surface area (TPSA) is 73.9 Å². The van der Waals surface area contributed by atoms with Gasteiger partial charge in [-0.15, -0.1) is 6.42 Å². The third-order valence-electron chi connectivity index (χ3n) is 2.24. The molecular weight excluding hydrogens is 274 g/mol. The van der Waals surface area contributed by atoms with Gasteiger partial charge >= 0.3 is 5.97 Å². The lowest BCUT2D eigenvalue weighted by Gasteiger charge is -2.08. The Kier molecular flexibility index (Phi) is 7.22. The van der Waals surface area contributed by atoms with E-state index in [1.54, 1.807) is 24.3 Å². The molecule has 0 bridgehead atoms. The molecule has 1 rings (SSSR count). The van der Waals surface area contributed by atoms with Crippen molar-refractivity contribution in [2.75, 3.05) is 26.4 Å². The fourth-order valence-electron chi connectivity index (χ4n) is 1.33. The first-order valence-electron chi connectivity index (χ1n) is 6.37. The van der Waals surface area contributed by atoms with Gasteiger partial charge in [-0.25, -0.2) is 4.79 Å². The SMILES string of the molecule is C#CCNC(=O)COC(=O)COc1ccc(OCC)cc1. The highest BCUT2D eigenvalue weighted by Crippen LogP contribution is 2.17. The minimum atomic E-state index is -0.639. The predicted octanol–water partition coefficient (Wildman–Crippen LogP) is 0.757. The molecule has 0 radical (unpaired) electrons. The summed E-state index contributed by atoms with van der Waals surface area (Å²) in [6.45, 7) is 1.90. The lowest BCUT2D eigenvalue weighted by Crippen LogP contribution is -2.30. The van der Waals surface area contributed by atoms with Gasteiger partial charge in [0.1, 0.15) is 11.5 Å². The molecule has 0 aromatic heterocycles. The first-order valence-corrected chi connectivity index (χ1v) is 6.37. The van der Waals surface area contributed by atoms with Crippen molar-refractivity contribution in [3.05, 3.63) is 24.3 Å². The van der Waals surface area contributed by atoms with Crippen LogP contribution in [0, 0.1) is 12.3 Å². The Morgan fingerprint density at radius 2 is 1.76 bits per heavy atom. The fraction of sp³-hybridized carbons (Fsp3) is 0.333. The maximum Gasteiger partial charge on any atom is 0.344 e. The van der Waals surface area contributed by atoms with Gasteiger partial charge in [-0.3, -0.25) is 4.79 Å². The third-order valence-corrected chi connectivity index (χ3v) is 2.24. The van der Waals surface area contributed by atoms with Crippen LogP contribution in [0.5, 0.6) is 11.5 Å². The summed E-state index contributed by atoms with van der Waals surface area (Å²) in [4.78, 5) is 22.5. The molecule has 0 unspecified atom stereocenters. The molecule has 0 spiro atoms. The summed E-state index contributed by atoms with van der Waals surface area (Å²) >= 11 is 0. The standard InChI is InChI=1S/C15H17NO5/c1-3-9-16-14(17)10-21-15(18)11-20-13-7-5-12(6-8-13)19-4-2/h1,5-8H,4,9-11H2,2H3,(H,16,17). The van der Waals surface area contributed by atoms with Crippen molar-refractivity contribution in [2.45, 2.75) is 6.92 Å². The fourth-order valence-corrected chi connectivity index (χ4v) is 1.33. The quantitative estimate of drug-likeness (QED) is 0.565. The Labute approximate surface area is 123 Å². The van der Waals surface area contributed by atoms with E-state index in [4.69, 9.17) is 20.6 Å². The van der Waals surface area contributed by atoms with Gasteiger partial charge in [0.2, 0.25) is 0 Å². The molecule has 112 valence electrons. The Bertz CT molecular complexity index is 504. The van der Waals surface area contributed by atoms with Crippen LogP contribution < -0.4 is 14.8 Å². The van der Waals surface area contributed by atoms with E-state index in [-0.39, 0.29) is 19.8 Å². The number of esters is 1. The van der Waals surface area contributed by atoms with Crippen LogP contribution in [-0.2, 0) is 14.3 Å². The number of amides is 1. The van der Waals surface area contributed by atoms with Gasteiger partial charge in [-0.2, -0.15) is 0 Å². The van der Waals surface area contributed by atoms with Crippen LogP contribution in [0.4, 0.5) is 0 Å². The number of carbonyl (C=O) groups excluding carboxylic acids is 2. The zero-order valence-corrected chi connectivity index (χ0v) is 11.8. The number of terminal acetylenes is 1. The first kappa shape index (κ1) is 16.4. The van der Waals surface area contributed by atoms with Gasteiger partial charge in [-0.1, -0.05) is 5.92 Å².